The molecule has 1 saturated heterocycles. The molecule has 1 aliphatic carbocycles. The van der Waals surface area contributed by atoms with Crippen LogP contribution in [0.25, 0.3) is 0 Å². The number of carbonyl (C=O) groups is 1. The van der Waals surface area contributed by atoms with Crippen molar-refractivity contribution in [1.29, 1.82) is 0 Å². The van der Waals surface area contributed by atoms with Gasteiger partial charge in [0.15, 0.2) is 0 Å². The number of carbonyl (C=O) groups excluding carboxylic acids is 1. The third-order valence-corrected chi connectivity index (χ3v) is 3.91. The fourth-order valence-electron chi connectivity index (χ4n) is 2.37. The monoisotopic (exact) mass is 275 g/mol. The van der Waals surface area contributed by atoms with Crippen molar-refractivity contribution in [1.82, 2.24) is 15.2 Å². The molecular formula is C15H21N3O2. The van der Waals surface area contributed by atoms with Crippen LogP contribution in [0, 0.1) is 0 Å². The van der Waals surface area contributed by atoms with Gasteiger partial charge >= 0.3 is 0 Å². The highest BCUT2D eigenvalue weighted by Gasteiger charge is 2.36. The van der Waals surface area contributed by atoms with Gasteiger partial charge in [-0.3, -0.25) is 9.78 Å². The Bertz CT molecular complexity index is 469. The van der Waals surface area contributed by atoms with Crippen LogP contribution >= 0.6 is 0 Å². The Morgan fingerprint density at radius 3 is 2.85 bits per heavy atom. The summed E-state index contributed by atoms with van der Waals surface area (Å²) in [6.07, 6.45) is 3.96. The van der Waals surface area contributed by atoms with E-state index in [4.69, 9.17) is 4.74 Å². The Hall–Kier alpha value is -1.46. The fraction of sp³-hybridized carbons (Fsp3) is 0.600. The minimum absolute atomic E-state index is 0.0753. The van der Waals surface area contributed by atoms with E-state index in [9.17, 15) is 4.79 Å². The number of hydrogen-bond donors (Lipinski definition) is 1. The van der Waals surface area contributed by atoms with Crippen molar-refractivity contribution < 1.29 is 9.53 Å². The van der Waals surface area contributed by atoms with Crippen molar-refractivity contribution in [3.05, 3.63) is 30.1 Å². The summed E-state index contributed by atoms with van der Waals surface area (Å²) < 4.78 is 5.75. The number of hydrogen-bond acceptors (Lipinski definition) is 4. The molecule has 0 spiro atoms. The van der Waals surface area contributed by atoms with E-state index in [2.05, 4.69) is 10.3 Å². The van der Waals surface area contributed by atoms with Gasteiger partial charge < -0.3 is 15.0 Å². The second kappa shape index (κ2) is 5.50. The van der Waals surface area contributed by atoms with E-state index in [0.717, 1.165) is 31.6 Å². The van der Waals surface area contributed by atoms with Gasteiger partial charge in [-0.15, -0.1) is 0 Å². The molecule has 5 heteroatoms. The normalized spacial score (nSPS) is 20.2. The molecule has 0 unspecified atom stereocenters. The van der Waals surface area contributed by atoms with E-state index < -0.39 is 0 Å². The first-order chi connectivity index (χ1) is 9.66. The summed E-state index contributed by atoms with van der Waals surface area (Å²) in [5.74, 6) is 0.0753. The van der Waals surface area contributed by atoms with Crippen molar-refractivity contribution in [2.75, 3.05) is 19.7 Å². The minimum Gasteiger partial charge on any atom is -0.363 e. The summed E-state index contributed by atoms with van der Waals surface area (Å²) in [5, 5.41) is 3.17. The third kappa shape index (κ3) is 3.16. The lowest BCUT2D eigenvalue weighted by molar-refractivity contribution is -0.147. The number of nitrogens with zero attached hydrogens (tertiary/aromatic N) is 2. The van der Waals surface area contributed by atoms with Crippen LogP contribution < -0.4 is 5.32 Å². The van der Waals surface area contributed by atoms with E-state index >= 15 is 0 Å². The zero-order valence-corrected chi connectivity index (χ0v) is 11.8. The summed E-state index contributed by atoms with van der Waals surface area (Å²) in [6, 6.07) is 6.18. The summed E-state index contributed by atoms with van der Waals surface area (Å²) >= 11 is 0. The van der Waals surface area contributed by atoms with Gasteiger partial charge in [0.2, 0.25) is 5.91 Å². The van der Waals surface area contributed by atoms with Crippen LogP contribution in [0.1, 0.15) is 25.5 Å². The molecule has 1 saturated carbocycles. The fourth-order valence-corrected chi connectivity index (χ4v) is 2.37. The highest BCUT2D eigenvalue weighted by atomic mass is 16.5. The predicted molar refractivity (Wildman–Crippen MR) is 75.0 cm³/mol. The number of pyridine rings is 1. The molecule has 0 bridgehead atoms. The maximum atomic E-state index is 12.4. The van der Waals surface area contributed by atoms with Gasteiger partial charge in [-0.1, -0.05) is 6.07 Å². The lowest BCUT2D eigenvalue weighted by Crippen LogP contribution is -2.59. The number of rotatable bonds is 6. The number of nitrogens with one attached hydrogen (secondary N) is 1. The lowest BCUT2D eigenvalue weighted by Gasteiger charge is -2.39. The summed E-state index contributed by atoms with van der Waals surface area (Å²) in [5.41, 5.74) is 0.764. The second-order valence-electron chi connectivity index (χ2n) is 5.92. The van der Waals surface area contributed by atoms with E-state index in [0.29, 0.717) is 12.6 Å². The molecule has 108 valence electrons. The summed E-state index contributed by atoms with van der Waals surface area (Å²) in [4.78, 5) is 18.6. The first-order valence-electron chi connectivity index (χ1n) is 7.20. The van der Waals surface area contributed by atoms with Crippen LogP contribution in [-0.2, 0) is 16.1 Å². The molecule has 2 heterocycles. The topological polar surface area (TPSA) is 54.5 Å². The van der Waals surface area contributed by atoms with Gasteiger partial charge in [-0.25, -0.2) is 0 Å². The van der Waals surface area contributed by atoms with Gasteiger partial charge in [-0.05, 0) is 31.9 Å². The number of amides is 1. The first-order valence-corrected chi connectivity index (χ1v) is 7.20. The Kier molecular flexibility index (Phi) is 3.72. The molecule has 2 aliphatic rings. The van der Waals surface area contributed by atoms with E-state index in [-0.39, 0.29) is 18.1 Å². The molecule has 3 rings (SSSR count). The van der Waals surface area contributed by atoms with Crippen LogP contribution in [0.4, 0.5) is 0 Å². The molecule has 0 radical (unpaired) electrons. The Morgan fingerprint density at radius 2 is 2.30 bits per heavy atom. The van der Waals surface area contributed by atoms with E-state index in [1.807, 2.05) is 30.0 Å². The van der Waals surface area contributed by atoms with Gasteiger partial charge in [-0.2, -0.15) is 0 Å². The van der Waals surface area contributed by atoms with E-state index in [1.165, 1.54) is 0 Å². The molecule has 2 fully saturated rings. The number of ether oxygens (including phenoxy) is 1. The van der Waals surface area contributed by atoms with Crippen molar-refractivity contribution in [2.45, 2.75) is 38.0 Å². The largest absolute Gasteiger partial charge is 0.363 e. The molecule has 0 atom stereocenters. The maximum absolute atomic E-state index is 12.4. The van der Waals surface area contributed by atoms with Crippen LogP contribution in [0.3, 0.4) is 0 Å². The number of aromatic nitrogens is 1. The molecule has 1 N–H and O–H groups in total. The van der Waals surface area contributed by atoms with E-state index in [1.54, 1.807) is 6.20 Å². The Morgan fingerprint density at radius 1 is 1.50 bits per heavy atom. The van der Waals surface area contributed by atoms with Crippen LogP contribution in [0.5, 0.6) is 0 Å². The SMILES string of the molecule is CC1(OCC(=O)N(Cc2ccccn2)C2CC2)CNC1. The molecule has 5 nitrogen and oxygen atoms in total. The van der Waals surface area contributed by atoms with Crippen LogP contribution in [0.15, 0.2) is 24.4 Å². The quantitative estimate of drug-likeness (QED) is 0.840. The van der Waals surface area contributed by atoms with Gasteiger partial charge in [0.1, 0.15) is 6.61 Å². The van der Waals surface area contributed by atoms with Crippen molar-refractivity contribution >= 4 is 5.91 Å². The molecule has 1 aliphatic heterocycles. The van der Waals surface area contributed by atoms with Crippen LogP contribution in [-0.4, -0.2) is 47.1 Å². The molecule has 1 aromatic heterocycles. The smallest absolute Gasteiger partial charge is 0.249 e. The van der Waals surface area contributed by atoms with Crippen LogP contribution in [0.2, 0.25) is 0 Å². The standard InChI is InChI=1S/C15H21N3O2/c1-15(10-16-11-15)20-9-14(19)18(13-5-6-13)8-12-4-2-3-7-17-12/h2-4,7,13,16H,5-6,8-11H2,1H3. The lowest BCUT2D eigenvalue weighted by atomic mass is 10.0. The Labute approximate surface area is 119 Å². The molecule has 1 aromatic rings. The van der Waals surface area contributed by atoms with Crippen molar-refractivity contribution in [3.8, 4) is 0 Å². The third-order valence-electron chi connectivity index (χ3n) is 3.91. The minimum atomic E-state index is -0.171. The first kappa shape index (κ1) is 13.5. The second-order valence-corrected chi connectivity index (χ2v) is 5.92. The molecular weight excluding hydrogens is 254 g/mol. The Balaban J connectivity index is 1.57. The molecule has 0 aromatic carbocycles. The summed E-state index contributed by atoms with van der Waals surface area (Å²) in [6.45, 7) is 4.44. The van der Waals surface area contributed by atoms with Gasteiger partial charge in [0.05, 0.1) is 17.8 Å². The zero-order valence-electron chi connectivity index (χ0n) is 11.8. The molecule has 20 heavy (non-hydrogen) atoms. The highest BCUT2D eigenvalue weighted by Crippen LogP contribution is 2.28. The summed E-state index contributed by atoms with van der Waals surface area (Å²) in [7, 11) is 0. The molecule has 1 amide bonds. The average Bonchev–Trinajstić information content (AvgIpc) is 3.26. The highest BCUT2D eigenvalue weighted by molar-refractivity contribution is 5.78. The van der Waals surface area contributed by atoms with Crippen molar-refractivity contribution in [2.24, 2.45) is 0 Å². The average molecular weight is 275 g/mol. The van der Waals surface area contributed by atoms with Gasteiger partial charge in [0, 0.05) is 25.3 Å². The maximum Gasteiger partial charge on any atom is 0.249 e. The zero-order chi connectivity index (χ0) is 14.0. The van der Waals surface area contributed by atoms with Gasteiger partial charge in [0.25, 0.3) is 0 Å². The predicted octanol–water partition coefficient (Wildman–Crippen LogP) is 0.951. The van der Waals surface area contributed by atoms with Crippen molar-refractivity contribution in [3.63, 3.8) is 0 Å².